The average Bonchev–Trinajstić information content (AvgIpc) is 3.03. The molecule has 0 saturated carbocycles. The maximum Gasteiger partial charge on any atom is 0.472 e. The lowest BCUT2D eigenvalue weighted by molar-refractivity contribution is -0.161. The largest absolute Gasteiger partial charge is 0.472 e. The van der Waals surface area contributed by atoms with Gasteiger partial charge in [-0.2, -0.15) is 0 Å². The van der Waals surface area contributed by atoms with Crippen molar-refractivity contribution in [2.24, 2.45) is 0 Å². The molecule has 2 atom stereocenters. The summed E-state index contributed by atoms with van der Waals surface area (Å²) in [5.74, 6) is -0.837. The number of ether oxygens (including phenoxy) is 2. The van der Waals surface area contributed by atoms with Gasteiger partial charge in [0.2, 0.25) is 0 Å². The van der Waals surface area contributed by atoms with E-state index < -0.39 is 26.5 Å². The van der Waals surface area contributed by atoms with Crippen LogP contribution in [0, 0.1) is 0 Å². The fraction of sp³-hybridized carbons (Fsp3) is 0.730. The van der Waals surface area contributed by atoms with Gasteiger partial charge in [-0.05, 0) is 71.1 Å². The maximum atomic E-state index is 12.5. The molecular weight excluding hydrogens is 603 g/mol. The Morgan fingerprint density at radius 2 is 1.04 bits per heavy atom. The highest BCUT2D eigenvalue weighted by Crippen LogP contribution is 2.43. The third kappa shape index (κ3) is 32.0. The molecule has 0 aromatic rings. The van der Waals surface area contributed by atoms with Crippen molar-refractivity contribution in [1.29, 1.82) is 0 Å². The van der Waals surface area contributed by atoms with E-state index in [1.54, 1.807) is 6.92 Å². The predicted molar refractivity (Wildman–Crippen MR) is 188 cm³/mol. The molecule has 0 spiro atoms. The summed E-state index contributed by atoms with van der Waals surface area (Å²) >= 11 is 0. The van der Waals surface area contributed by atoms with E-state index in [-0.39, 0.29) is 32.0 Å². The molecule has 46 heavy (non-hydrogen) atoms. The maximum absolute atomic E-state index is 12.5. The van der Waals surface area contributed by atoms with Crippen molar-refractivity contribution in [2.45, 2.75) is 155 Å². The number of hydrogen-bond donors (Lipinski definition) is 1. The van der Waals surface area contributed by atoms with Gasteiger partial charge in [0.1, 0.15) is 6.61 Å². The summed E-state index contributed by atoms with van der Waals surface area (Å²) in [5.41, 5.74) is 0. The monoisotopic (exact) mass is 668 g/mol. The van der Waals surface area contributed by atoms with Crippen molar-refractivity contribution < 1.29 is 37.6 Å². The Labute approximate surface area is 280 Å². The first-order valence-electron chi connectivity index (χ1n) is 17.9. The summed E-state index contributed by atoms with van der Waals surface area (Å²) in [7, 11) is -4.28. The molecule has 0 aliphatic carbocycles. The summed E-state index contributed by atoms with van der Waals surface area (Å²) in [6.07, 6.45) is 35.9. The number of rotatable bonds is 32. The van der Waals surface area contributed by atoms with Crippen molar-refractivity contribution in [1.82, 2.24) is 0 Å². The molecule has 0 aliphatic heterocycles. The smallest absolute Gasteiger partial charge is 0.462 e. The summed E-state index contributed by atoms with van der Waals surface area (Å²) in [6, 6.07) is 0. The Morgan fingerprint density at radius 1 is 0.587 bits per heavy atom. The first-order valence-corrected chi connectivity index (χ1v) is 19.4. The zero-order chi connectivity index (χ0) is 34.0. The van der Waals surface area contributed by atoms with Crippen LogP contribution in [-0.2, 0) is 32.7 Å². The summed E-state index contributed by atoms with van der Waals surface area (Å²) in [5, 5.41) is 0. The minimum absolute atomic E-state index is 0.00663. The van der Waals surface area contributed by atoms with Crippen molar-refractivity contribution in [3.05, 3.63) is 48.6 Å². The predicted octanol–water partition coefficient (Wildman–Crippen LogP) is 10.7. The molecule has 0 aromatic heterocycles. The summed E-state index contributed by atoms with van der Waals surface area (Å²) in [6.45, 7) is 5.28. The van der Waals surface area contributed by atoms with E-state index in [1.165, 1.54) is 12.8 Å². The van der Waals surface area contributed by atoms with Crippen LogP contribution in [0.2, 0.25) is 0 Å². The lowest BCUT2D eigenvalue weighted by Crippen LogP contribution is -2.29. The molecule has 0 bridgehead atoms. The zero-order valence-corrected chi connectivity index (χ0v) is 30.1. The van der Waals surface area contributed by atoms with E-state index in [4.69, 9.17) is 18.5 Å². The van der Waals surface area contributed by atoms with E-state index in [1.807, 2.05) is 0 Å². The van der Waals surface area contributed by atoms with Crippen LogP contribution in [0.3, 0.4) is 0 Å². The molecule has 8 nitrogen and oxygen atoms in total. The number of esters is 2. The topological polar surface area (TPSA) is 108 Å². The van der Waals surface area contributed by atoms with Gasteiger partial charge in [-0.1, -0.05) is 114 Å². The van der Waals surface area contributed by atoms with Gasteiger partial charge < -0.3 is 14.4 Å². The van der Waals surface area contributed by atoms with E-state index >= 15 is 0 Å². The standard InChI is InChI=1S/C37H65O8P/c1-4-7-9-11-13-15-17-19-21-23-25-27-29-31-36(38)42-33-35(34-44-46(40,41)43-6-3)45-37(39)32-30-28-26-24-22-20-18-16-14-12-10-8-5-2/h9-12,15-18,35H,4-8,13-14,19-34H2,1-3H3,(H,40,41)/b11-9-,12-10-,17-15-,18-16-. The van der Waals surface area contributed by atoms with Gasteiger partial charge >= 0.3 is 19.8 Å². The third-order valence-corrected chi connectivity index (χ3v) is 8.13. The molecule has 9 heteroatoms. The summed E-state index contributed by atoms with van der Waals surface area (Å²) in [4.78, 5) is 34.5. The number of phosphoric acid groups is 1. The fourth-order valence-electron chi connectivity index (χ4n) is 4.47. The molecule has 2 unspecified atom stereocenters. The number of carbonyl (C=O) groups excluding carboxylic acids is 2. The van der Waals surface area contributed by atoms with Gasteiger partial charge in [0.15, 0.2) is 6.10 Å². The second-order valence-electron chi connectivity index (χ2n) is 11.5. The molecule has 1 N–H and O–H groups in total. The Morgan fingerprint density at radius 3 is 1.54 bits per heavy atom. The van der Waals surface area contributed by atoms with E-state index in [2.05, 4.69) is 62.5 Å². The molecule has 0 aliphatic rings. The van der Waals surface area contributed by atoms with Crippen LogP contribution in [0.5, 0.6) is 0 Å². The average molecular weight is 669 g/mol. The molecule has 0 radical (unpaired) electrons. The molecular formula is C37H65O8P. The molecule has 266 valence electrons. The van der Waals surface area contributed by atoms with Crippen LogP contribution in [0.4, 0.5) is 0 Å². The normalized spacial score (nSPS) is 14.1. The Balaban J connectivity index is 4.24. The van der Waals surface area contributed by atoms with Crippen LogP contribution >= 0.6 is 7.82 Å². The van der Waals surface area contributed by atoms with Gasteiger partial charge in [0.05, 0.1) is 13.2 Å². The molecule has 0 aromatic carbocycles. The van der Waals surface area contributed by atoms with E-state index in [0.717, 1.165) is 96.3 Å². The highest BCUT2D eigenvalue weighted by Gasteiger charge is 2.25. The van der Waals surface area contributed by atoms with Gasteiger partial charge in [-0.25, -0.2) is 4.57 Å². The number of phosphoric ester groups is 1. The van der Waals surface area contributed by atoms with Crippen LogP contribution in [0.15, 0.2) is 48.6 Å². The highest BCUT2D eigenvalue weighted by atomic mass is 31.2. The Hall–Kier alpha value is -1.99. The van der Waals surface area contributed by atoms with Crippen molar-refractivity contribution in [3.8, 4) is 0 Å². The van der Waals surface area contributed by atoms with Crippen LogP contribution in [0.1, 0.15) is 149 Å². The van der Waals surface area contributed by atoms with Crippen LogP contribution in [0.25, 0.3) is 0 Å². The molecule has 0 rings (SSSR count). The van der Waals surface area contributed by atoms with E-state index in [9.17, 15) is 19.0 Å². The third-order valence-electron chi connectivity index (χ3n) is 7.07. The van der Waals surface area contributed by atoms with Gasteiger partial charge in [-0.3, -0.25) is 18.6 Å². The lowest BCUT2D eigenvalue weighted by atomic mass is 10.1. The first-order chi connectivity index (χ1) is 22.3. The highest BCUT2D eigenvalue weighted by molar-refractivity contribution is 7.47. The second-order valence-corrected chi connectivity index (χ2v) is 13.0. The zero-order valence-electron chi connectivity index (χ0n) is 29.2. The number of hydrogen-bond acceptors (Lipinski definition) is 7. The SMILES string of the molecule is CCC/C=C\C/C=C\CCCCCCCC(=O)OCC(COP(=O)(O)OCC)OC(=O)CCCCCCC/C=C\C/C=C\CCC. The quantitative estimate of drug-likeness (QED) is 0.0326. The van der Waals surface area contributed by atoms with Gasteiger partial charge in [0.25, 0.3) is 0 Å². The van der Waals surface area contributed by atoms with Gasteiger partial charge in [-0.15, -0.1) is 0 Å². The van der Waals surface area contributed by atoms with Gasteiger partial charge in [0, 0.05) is 12.8 Å². The van der Waals surface area contributed by atoms with Crippen LogP contribution in [-0.4, -0.2) is 42.8 Å². The first kappa shape index (κ1) is 44.0. The number of unbranched alkanes of at least 4 members (excludes halogenated alkanes) is 12. The lowest BCUT2D eigenvalue weighted by Gasteiger charge is -2.19. The second kappa shape index (κ2) is 32.9. The molecule has 0 amide bonds. The Bertz CT molecular complexity index is 896. The minimum atomic E-state index is -4.28. The minimum Gasteiger partial charge on any atom is -0.462 e. The molecule has 0 fully saturated rings. The number of allylic oxidation sites excluding steroid dienone is 8. The van der Waals surface area contributed by atoms with Crippen molar-refractivity contribution in [2.75, 3.05) is 19.8 Å². The van der Waals surface area contributed by atoms with Crippen molar-refractivity contribution in [3.63, 3.8) is 0 Å². The van der Waals surface area contributed by atoms with E-state index in [0.29, 0.717) is 6.42 Å². The van der Waals surface area contributed by atoms with Crippen molar-refractivity contribution >= 4 is 19.8 Å². The molecule has 0 saturated heterocycles. The molecule has 0 heterocycles. The summed E-state index contributed by atoms with van der Waals surface area (Å²) < 4.78 is 32.4. The fourth-order valence-corrected chi connectivity index (χ4v) is 5.22. The Kier molecular flexibility index (Phi) is 31.5. The van der Waals surface area contributed by atoms with Crippen LogP contribution < -0.4 is 0 Å². The number of carbonyl (C=O) groups is 2.